The second kappa shape index (κ2) is 16.9. The number of nitrogens with two attached hydrogens (primary N) is 4. The van der Waals surface area contributed by atoms with E-state index in [1.165, 1.54) is 6.92 Å². The number of para-hydroxylation sites is 1. The molecule has 2 rings (SSSR count). The van der Waals surface area contributed by atoms with E-state index < -0.39 is 54.0 Å². The number of aromatic amines is 1. The average Bonchev–Trinajstić information content (AvgIpc) is 3.35. The molecule has 15 heteroatoms. The topological polar surface area (TPSA) is 277 Å². The van der Waals surface area contributed by atoms with Crippen molar-refractivity contribution < 1.29 is 29.4 Å². The van der Waals surface area contributed by atoms with Crippen LogP contribution in [-0.2, 0) is 25.6 Å². The second-order valence-electron chi connectivity index (χ2n) is 10.1. The van der Waals surface area contributed by atoms with Gasteiger partial charge in [-0.3, -0.25) is 19.4 Å². The van der Waals surface area contributed by atoms with Gasteiger partial charge in [0.1, 0.15) is 24.2 Å². The molecule has 0 bridgehead atoms. The van der Waals surface area contributed by atoms with Crippen LogP contribution in [-0.4, -0.2) is 88.2 Å². The first-order chi connectivity index (χ1) is 19.9. The molecule has 232 valence electrons. The fraction of sp³-hybridized carbons (Fsp3) is 0.519. The molecule has 15 nitrogen and oxygen atoms in total. The summed E-state index contributed by atoms with van der Waals surface area (Å²) in [6.07, 6.45) is 2.15. The number of unbranched alkanes of at least 4 members (excludes halogenated alkanes) is 1. The van der Waals surface area contributed by atoms with Gasteiger partial charge in [0.2, 0.25) is 17.7 Å². The number of carboxylic acids is 1. The maximum Gasteiger partial charge on any atom is 0.326 e. The number of hydrogen-bond acceptors (Lipinski definition) is 8. The molecule has 3 amide bonds. The lowest BCUT2D eigenvalue weighted by Gasteiger charge is -2.25. The van der Waals surface area contributed by atoms with E-state index in [1.54, 1.807) is 6.20 Å². The molecular formula is C27H43N9O6. The molecule has 1 heterocycles. The summed E-state index contributed by atoms with van der Waals surface area (Å²) in [6.45, 7) is 1.88. The van der Waals surface area contributed by atoms with E-state index in [2.05, 4.69) is 25.9 Å². The lowest BCUT2D eigenvalue weighted by Crippen LogP contribution is -2.58. The summed E-state index contributed by atoms with van der Waals surface area (Å²) in [5, 5.41) is 28.1. The van der Waals surface area contributed by atoms with Gasteiger partial charge >= 0.3 is 5.97 Å². The summed E-state index contributed by atoms with van der Waals surface area (Å²) in [4.78, 5) is 58.3. The third-order valence-electron chi connectivity index (χ3n) is 6.69. The van der Waals surface area contributed by atoms with Crippen molar-refractivity contribution in [2.24, 2.45) is 27.9 Å². The summed E-state index contributed by atoms with van der Waals surface area (Å²) in [5.74, 6) is -3.52. The van der Waals surface area contributed by atoms with Gasteiger partial charge in [0.25, 0.3) is 0 Å². The van der Waals surface area contributed by atoms with Gasteiger partial charge in [0, 0.05) is 30.1 Å². The minimum atomic E-state index is -1.29. The van der Waals surface area contributed by atoms with E-state index in [9.17, 15) is 29.4 Å². The standard InChI is InChI=1S/C27H43N9O6/c1-15(37)22(29)25(40)35-20(10-6-12-32-27(30)31)23(38)34-19(9-4-5-11-28)24(39)36-21(26(41)42)13-16-14-33-18-8-3-2-7-17(16)18/h2-3,7-8,14-15,19-22,33,37H,4-6,9-13,28-29H2,1H3,(H,34,38)(H,35,40)(H,36,39)(H,41,42)(H4,30,31,32). The number of rotatable bonds is 18. The summed E-state index contributed by atoms with van der Waals surface area (Å²) < 4.78 is 0. The highest BCUT2D eigenvalue weighted by Crippen LogP contribution is 2.19. The molecule has 5 unspecified atom stereocenters. The van der Waals surface area contributed by atoms with Crippen molar-refractivity contribution >= 4 is 40.6 Å². The van der Waals surface area contributed by atoms with E-state index in [4.69, 9.17) is 22.9 Å². The molecular weight excluding hydrogens is 546 g/mol. The summed E-state index contributed by atoms with van der Waals surface area (Å²) >= 11 is 0. The van der Waals surface area contributed by atoms with Gasteiger partial charge in [0.05, 0.1) is 6.10 Å². The van der Waals surface area contributed by atoms with Crippen LogP contribution in [0.25, 0.3) is 10.9 Å². The quantitative estimate of drug-likeness (QED) is 0.0526. The number of aliphatic imine (C=N–C) groups is 1. The smallest absolute Gasteiger partial charge is 0.326 e. The summed E-state index contributed by atoms with van der Waals surface area (Å²) in [6, 6.07) is 2.57. The zero-order chi connectivity index (χ0) is 31.2. The van der Waals surface area contributed by atoms with E-state index in [0.717, 1.165) is 10.9 Å². The van der Waals surface area contributed by atoms with Crippen LogP contribution in [0.1, 0.15) is 44.6 Å². The number of aliphatic carboxylic acids is 1. The Hall–Kier alpha value is -4.21. The minimum absolute atomic E-state index is 0.00919. The first-order valence-corrected chi connectivity index (χ1v) is 13.8. The molecule has 0 fully saturated rings. The summed E-state index contributed by atoms with van der Waals surface area (Å²) in [7, 11) is 0. The molecule has 2 aromatic rings. The maximum absolute atomic E-state index is 13.3. The van der Waals surface area contributed by atoms with Crippen LogP contribution in [0.3, 0.4) is 0 Å². The number of fused-ring (bicyclic) bond motifs is 1. The maximum atomic E-state index is 13.3. The first-order valence-electron chi connectivity index (χ1n) is 13.8. The normalized spacial score (nSPS) is 14.7. The third-order valence-corrected chi connectivity index (χ3v) is 6.69. The number of guanidine groups is 1. The van der Waals surface area contributed by atoms with E-state index in [0.29, 0.717) is 31.4 Å². The number of aromatic nitrogens is 1. The molecule has 0 spiro atoms. The molecule has 0 radical (unpaired) electrons. The average molecular weight is 590 g/mol. The molecule has 1 aromatic carbocycles. The highest BCUT2D eigenvalue weighted by Gasteiger charge is 2.31. The number of carbonyl (C=O) groups is 4. The van der Waals surface area contributed by atoms with Crippen LogP contribution in [0.4, 0.5) is 0 Å². The van der Waals surface area contributed by atoms with E-state index >= 15 is 0 Å². The van der Waals surface area contributed by atoms with Crippen LogP contribution in [0.5, 0.6) is 0 Å². The zero-order valence-corrected chi connectivity index (χ0v) is 23.7. The van der Waals surface area contributed by atoms with E-state index in [1.807, 2.05) is 24.3 Å². The Labute approximate surface area is 243 Å². The number of H-pyrrole nitrogens is 1. The van der Waals surface area contributed by atoms with Gasteiger partial charge in [0.15, 0.2) is 5.96 Å². The number of amides is 3. The Balaban J connectivity index is 2.20. The second-order valence-corrected chi connectivity index (χ2v) is 10.1. The fourth-order valence-corrected chi connectivity index (χ4v) is 4.29. The number of nitrogens with one attached hydrogen (secondary N) is 4. The van der Waals surface area contributed by atoms with Crippen LogP contribution >= 0.6 is 0 Å². The van der Waals surface area contributed by atoms with Crippen molar-refractivity contribution in [2.75, 3.05) is 13.1 Å². The lowest BCUT2D eigenvalue weighted by atomic mass is 10.0. The Kier molecular flexibility index (Phi) is 13.7. The number of carboxylic acid groups (broad SMARTS) is 1. The molecule has 14 N–H and O–H groups in total. The molecule has 0 saturated heterocycles. The fourth-order valence-electron chi connectivity index (χ4n) is 4.29. The Morgan fingerprint density at radius 1 is 0.929 bits per heavy atom. The number of aliphatic hydroxyl groups excluding tert-OH is 1. The van der Waals surface area contributed by atoms with Crippen molar-refractivity contribution in [3.8, 4) is 0 Å². The van der Waals surface area contributed by atoms with Gasteiger partial charge < -0.3 is 54.1 Å². The molecule has 0 aliphatic rings. The number of aliphatic hydroxyl groups is 1. The molecule has 0 aliphatic carbocycles. The molecule has 5 atom stereocenters. The number of benzene rings is 1. The molecule has 42 heavy (non-hydrogen) atoms. The van der Waals surface area contributed by atoms with Crippen molar-refractivity contribution in [1.82, 2.24) is 20.9 Å². The zero-order valence-electron chi connectivity index (χ0n) is 23.7. The Morgan fingerprint density at radius 3 is 2.12 bits per heavy atom. The Bertz CT molecular complexity index is 1230. The third kappa shape index (κ3) is 10.6. The van der Waals surface area contributed by atoms with Crippen LogP contribution < -0.4 is 38.9 Å². The van der Waals surface area contributed by atoms with Gasteiger partial charge in [-0.25, -0.2) is 4.79 Å². The van der Waals surface area contributed by atoms with Gasteiger partial charge in [-0.2, -0.15) is 0 Å². The number of carbonyl (C=O) groups excluding carboxylic acids is 3. The Morgan fingerprint density at radius 2 is 1.52 bits per heavy atom. The number of hydrogen-bond donors (Lipinski definition) is 10. The van der Waals surface area contributed by atoms with Crippen LogP contribution in [0.15, 0.2) is 35.5 Å². The van der Waals surface area contributed by atoms with Crippen molar-refractivity contribution in [2.45, 2.75) is 75.7 Å². The molecule has 0 saturated carbocycles. The minimum Gasteiger partial charge on any atom is -0.480 e. The van der Waals surface area contributed by atoms with Crippen molar-refractivity contribution in [1.29, 1.82) is 0 Å². The highest BCUT2D eigenvalue weighted by molar-refractivity contribution is 5.94. The lowest BCUT2D eigenvalue weighted by molar-refractivity contribution is -0.142. The van der Waals surface area contributed by atoms with Gasteiger partial charge in [-0.1, -0.05) is 18.2 Å². The predicted octanol–water partition coefficient (Wildman–Crippen LogP) is -1.86. The molecule has 1 aromatic heterocycles. The van der Waals surface area contributed by atoms with Crippen LogP contribution in [0.2, 0.25) is 0 Å². The van der Waals surface area contributed by atoms with Gasteiger partial charge in [-0.05, 0) is 57.2 Å². The van der Waals surface area contributed by atoms with E-state index in [-0.39, 0.29) is 31.8 Å². The molecule has 0 aliphatic heterocycles. The largest absolute Gasteiger partial charge is 0.480 e. The van der Waals surface area contributed by atoms with Crippen molar-refractivity contribution in [3.63, 3.8) is 0 Å². The highest BCUT2D eigenvalue weighted by atomic mass is 16.4. The van der Waals surface area contributed by atoms with Crippen LogP contribution in [0, 0.1) is 0 Å². The first kappa shape index (κ1) is 34.0. The monoisotopic (exact) mass is 589 g/mol. The predicted molar refractivity (Wildman–Crippen MR) is 158 cm³/mol. The SMILES string of the molecule is CC(O)C(N)C(=O)NC(CCCN=C(N)N)C(=O)NC(CCCCN)C(=O)NC(Cc1c[nH]c2ccccc12)C(=O)O. The van der Waals surface area contributed by atoms with Gasteiger partial charge in [-0.15, -0.1) is 0 Å². The summed E-state index contributed by atoms with van der Waals surface area (Å²) in [5.41, 5.74) is 23.6. The number of nitrogens with zero attached hydrogens (tertiary/aromatic N) is 1. The van der Waals surface area contributed by atoms with Crippen molar-refractivity contribution in [3.05, 3.63) is 36.0 Å².